The predicted octanol–water partition coefficient (Wildman–Crippen LogP) is 9.83. The highest BCUT2D eigenvalue weighted by Crippen LogP contribution is 2.61. The van der Waals surface area contributed by atoms with Crippen LogP contribution in [0.25, 0.3) is 49.9 Å². The Kier molecular flexibility index (Phi) is 4.20. The van der Waals surface area contributed by atoms with Gasteiger partial charge in [-0.2, -0.15) is 0 Å². The summed E-state index contributed by atoms with van der Waals surface area (Å²) in [5.74, 6) is 0. The van der Waals surface area contributed by atoms with Gasteiger partial charge in [0.1, 0.15) is 0 Å². The average molecular weight is 493 g/mol. The largest absolute Gasteiger partial charge is 0.0622 e. The molecule has 0 bridgehead atoms. The molecule has 0 amide bonds. The van der Waals surface area contributed by atoms with E-state index in [9.17, 15) is 0 Å². The smallest absolute Gasteiger partial charge is 0.000128 e. The average Bonchev–Trinajstić information content (AvgIpc) is 3.67. The highest BCUT2D eigenvalue weighted by Gasteiger charge is 2.40. The first-order valence-electron chi connectivity index (χ1n) is 13.7. The van der Waals surface area contributed by atoms with E-state index in [2.05, 4.69) is 133 Å². The molecule has 0 saturated carbocycles. The first kappa shape index (κ1) is 21.0. The maximum absolute atomic E-state index is 2.43. The number of hydrogen-bond donors (Lipinski definition) is 0. The van der Waals surface area contributed by atoms with Crippen LogP contribution in [0.3, 0.4) is 0 Å². The van der Waals surface area contributed by atoms with Crippen LogP contribution >= 0.6 is 0 Å². The van der Waals surface area contributed by atoms with Crippen molar-refractivity contribution in [3.05, 3.63) is 172 Å². The Balaban J connectivity index is 1.48. The van der Waals surface area contributed by atoms with Crippen LogP contribution in [0.5, 0.6) is 0 Å². The summed E-state index contributed by atoms with van der Waals surface area (Å²) >= 11 is 0. The van der Waals surface area contributed by atoms with Gasteiger partial charge in [-0.15, -0.1) is 0 Å². The van der Waals surface area contributed by atoms with Crippen LogP contribution in [0.4, 0.5) is 0 Å². The van der Waals surface area contributed by atoms with E-state index in [1.54, 1.807) is 0 Å². The molecule has 3 aliphatic carbocycles. The Morgan fingerprint density at radius 1 is 0.410 bits per heavy atom. The van der Waals surface area contributed by atoms with Crippen LogP contribution in [-0.2, 0) is 6.42 Å². The lowest BCUT2D eigenvalue weighted by Crippen LogP contribution is -1.95. The fourth-order valence-corrected chi connectivity index (χ4v) is 7.19. The molecule has 9 rings (SSSR count). The lowest BCUT2D eigenvalue weighted by Gasteiger charge is -2.15. The molecule has 6 aromatic carbocycles. The van der Waals surface area contributed by atoms with Gasteiger partial charge in [0.25, 0.3) is 0 Å². The minimum atomic E-state index is 0.970. The normalized spacial score (nSPS) is 15.0. The summed E-state index contributed by atoms with van der Waals surface area (Å²) in [6.45, 7) is 0. The van der Waals surface area contributed by atoms with Crippen molar-refractivity contribution < 1.29 is 0 Å². The molecule has 0 fully saturated rings. The van der Waals surface area contributed by atoms with Gasteiger partial charge in [0.15, 0.2) is 0 Å². The highest BCUT2D eigenvalue weighted by molar-refractivity contribution is 6.39. The zero-order chi connectivity index (χ0) is 25.5. The molecule has 0 heteroatoms. The summed E-state index contributed by atoms with van der Waals surface area (Å²) in [5.41, 5.74) is 16.5. The zero-order valence-corrected chi connectivity index (χ0v) is 21.4. The van der Waals surface area contributed by atoms with E-state index >= 15 is 0 Å². The fourth-order valence-electron chi connectivity index (χ4n) is 7.19. The van der Waals surface area contributed by atoms with Crippen LogP contribution < -0.4 is 0 Å². The molecule has 3 aliphatic rings. The van der Waals surface area contributed by atoms with E-state index in [0.29, 0.717) is 0 Å². The second-order valence-electron chi connectivity index (χ2n) is 10.8. The van der Waals surface area contributed by atoms with Crippen molar-refractivity contribution in [2.24, 2.45) is 0 Å². The van der Waals surface area contributed by atoms with Crippen LogP contribution in [0.15, 0.2) is 133 Å². The summed E-state index contributed by atoms with van der Waals surface area (Å²) < 4.78 is 0. The molecular formula is C39H24. The van der Waals surface area contributed by atoms with Crippen molar-refractivity contribution in [1.29, 1.82) is 0 Å². The first-order valence-corrected chi connectivity index (χ1v) is 13.7. The van der Waals surface area contributed by atoms with Crippen LogP contribution in [0, 0.1) is 0 Å². The van der Waals surface area contributed by atoms with Crippen LogP contribution in [-0.4, -0.2) is 0 Å². The Labute approximate surface area is 227 Å². The Bertz CT molecular complexity index is 2120. The standard InChI is InChI=1S/C39H24/c1-2-12-26(13-3-1)35-36-30-16-8-6-10-24(30)19-21-33(36)38-34(29-22-27-14-4-5-15-28(27)23-29)32-20-18-25-11-7-9-17-31(25)37(32)39(35)38/h1-22H,23H2. The van der Waals surface area contributed by atoms with E-state index in [4.69, 9.17) is 0 Å². The molecular weight excluding hydrogens is 468 g/mol. The molecule has 0 N–H and O–H groups in total. The van der Waals surface area contributed by atoms with Crippen LogP contribution in [0.2, 0.25) is 0 Å². The fraction of sp³-hybridized carbons (Fsp3) is 0.0256. The second kappa shape index (κ2) is 7.79. The Morgan fingerprint density at radius 3 is 1.72 bits per heavy atom. The molecule has 0 aliphatic heterocycles. The predicted molar refractivity (Wildman–Crippen MR) is 165 cm³/mol. The summed E-state index contributed by atoms with van der Waals surface area (Å²) in [6, 6.07) is 47.0. The van der Waals surface area contributed by atoms with Gasteiger partial charge in [0, 0.05) is 0 Å². The Morgan fingerprint density at radius 2 is 1.00 bits per heavy atom. The molecule has 0 atom stereocenters. The number of benzene rings is 6. The van der Waals surface area contributed by atoms with Gasteiger partial charge in [-0.25, -0.2) is 0 Å². The quantitative estimate of drug-likeness (QED) is 0.226. The summed E-state index contributed by atoms with van der Waals surface area (Å²) in [7, 11) is 0. The van der Waals surface area contributed by atoms with Gasteiger partial charge in [0.2, 0.25) is 0 Å². The number of fused-ring (bicyclic) bond motifs is 10. The van der Waals surface area contributed by atoms with Gasteiger partial charge in [-0.05, 0) is 94.8 Å². The molecule has 0 heterocycles. The topological polar surface area (TPSA) is 0 Å². The maximum atomic E-state index is 2.43. The minimum absolute atomic E-state index is 0.970. The van der Waals surface area contributed by atoms with Crippen molar-refractivity contribution >= 4 is 49.9 Å². The summed E-state index contributed by atoms with van der Waals surface area (Å²) in [5, 5.41) is 5.24. The van der Waals surface area contributed by atoms with Gasteiger partial charge in [-0.1, -0.05) is 133 Å². The minimum Gasteiger partial charge on any atom is -0.0622 e. The molecule has 0 unspecified atom stereocenters. The molecule has 0 radical (unpaired) electrons. The van der Waals surface area contributed by atoms with Crippen molar-refractivity contribution in [3.8, 4) is 0 Å². The summed E-state index contributed by atoms with van der Waals surface area (Å²) in [6.07, 6.45) is 3.40. The monoisotopic (exact) mass is 492 g/mol. The lowest BCUT2D eigenvalue weighted by molar-refractivity contribution is 1.25. The molecule has 39 heavy (non-hydrogen) atoms. The third kappa shape index (κ3) is 2.84. The first-order chi connectivity index (χ1) is 19.4. The van der Waals surface area contributed by atoms with Crippen molar-refractivity contribution in [1.82, 2.24) is 0 Å². The summed E-state index contributed by atoms with van der Waals surface area (Å²) in [4.78, 5) is 0. The van der Waals surface area contributed by atoms with E-state index in [0.717, 1.165) is 6.42 Å². The van der Waals surface area contributed by atoms with E-state index in [-0.39, 0.29) is 0 Å². The van der Waals surface area contributed by atoms with Gasteiger partial charge >= 0.3 is 0 Å². The third-order valence-electron chi connectivity index (χ3n) is 8.80. The third-order valence-corrected chi connectivity index (χ3v) is 8.80. The van der Waals surface area contributed by atoms with Crippen molar-refractivity contribution in [2.45, 2.75) is 6.42 Å². The molecule has 0 aromatic heterocycles. The van der Waals surface area contributed by atoms with Gasteiger partial charge < -0.3 is 0 Å². The van der Waals surface area contributed by atoms with E-state index in [1.807, 2.05) is 0 Å². The second-order valence-corrected chi connectivity index (χ2v) is 10.8. The SMILES string of the molecule is C1=C(C2=C3C(=C(c4ccccc4)c4c3ccc3ccccc43)c3c2ccc2ccccc32)Cc2ccccc21. The van der Waals surface area contributed by atoms with Gasteiger partial charge in [-0.3, -0.25) is 0 Å². The van der Waals surface area contributed by atoms with Crippen molar-refractivity contribution in [2.75, 3.05) is 0 Å². The van der Waals surface area contributed by atoms with Gasteiger partial charge in [0.05, 0.1) is 0 Å². The van der Waals surface area contributed by atoms with Crippen molar-refractivity contribution in [3.63, 3.8) is 0 Å². The van der Waals surface area contributed by atoms with Crippen LogP contribution in [0.1, 0.15) is 38.9 Å². The molecule has 180 valence electrons. The lowest BCUT2D eigenvalue weighted by atomic mass is 9.87. The number of allylic oxidation sites excluding steroid dienone is 4. The zero-order valence-electron chi connectivity index (χ0n) is 21.4. The van der Waals surface area contributed by atoms with E-state index in [1.165, 1.54) is 88.4 Å². The molecule has 0 nitrogen and oxygen atoms in total. The maximum Gasteiger partial charge on any atom is -0.000128 e. The molecule has 6 aromatic rings. The van der Waals surface area contributed by atoms with E-state index < -0.39 is 0 Å². The number of rotatable bonds is 2. The molecule has 0 saturated heterocycles. The number of hydrogen-bond acceptors (Lipinski definition) is 0. The molecule has 0 spiro atoms. The Hall–Kier alpha value is -4.94. The highest BCUT2D eigenvalue weighted by atomic mass is 14.4.